The Bertz CT molecular complexity index is 649. The zero-order chi connectivity index (χ0) is 14.1. The van der Waals surface area contributed by atoms with Gasteiger partial charge in [-0.1, -0.05) is 0 Å². The number of hydrogen-bond donors (Lipinski definition) is 2. The van der Waals surface area contributed by atoms with Crippen LogP contribution in [0.1, 0.15) is 49.4 Å². The zero-order valence-corrected chi connectivity index (χ0v) is 12.3. The van der Waals surface area contributed by atoms with Crippen molar-refractivity contribution in [1.29, 1.82) is 0 Å². The lowest BCUT2D eigenvalue weighted by molar-refractivity contribution is -0.00264. The standard InChI is InChI=1S/C17H21N3O/c1-8-19-15-13(7-18-16(15)17(21)20-8)14-11-3-9-2-10(5-11)6-12(14)4-9/h7,9-12,14,21H,2-6H2,1H3,(H,19,20). The van der Waals surface area contributed by atoms with Gasteiger partial charge in [-0.2, -0.15) is 4.98 Å². The fraction of sp³-hybridized carbons (Fsp3) is 0.647. The Morgan fingerprint density at radius 2 is 1.76 bits per heavy atom. The summed E-state index contributed by atoms with van der Waals surface area (Å²) in [6.07, 6.45) is 9.09. The number of nitrogens with zero attached hydrogens (tertiary/aromatic N) is 2. The lowest BCUT2D eigenvalue weighted by atomic mass is 9.51. The summed E-state index contributed by atoms with van der Waals surface area (Å²) in [4.78, 5) is 11.9. The predicted molar refractivity (Wildman–Crippen MR) is 79.2 cm³/mol. The van der Waals surface area contributed by atoms with Crippen LogP contribution in [0.2, 0.25) is 0 Å². The van der Waals surface area contributed by atoms with E-state index in [2.05, 4.69) is 15.0 Å². The molecule has 6 rings (SSSR count). The third-order valence-electron chi connectivity index (χ3n) is 6.24. The molecule has 2 aliphatic heterocycles. The predicted octanol–water partition coefficient (Wildman–Crippen LogP) is 3.46. The van der Waals surface area contributed by atoms with E-state index in [0.29, 0.717) is 11.6 Å². The first-order chi connectivity index (χ1) is 10.2. The van der Waals surface area contributed by atoms with Crippen LogP contribution in [0.25, 0.3) is 11.4 Å². The van der Waals surface area contributed by atoms with Crippen molar-refractivity contribution < 1.29 is 5.11 Å². The van der Waals surface area contributed by atoms with Gasteiger partial charge in [0.1, 0.15) is 11.5 Å². The van der Waals surface area contributed by atoms with Gasteiger partial charge in [-0.25, -0.2) is 4.98 Å². The van der Waals surface area contributed by atoms with E-state index in [4.69, 9.17) is 0 Å². The van der Waals surface area contributed by atoms with E-state index in [1.54, 1.807) is 0 Å². The van der Waals surface area contributed by atoms with Crippen molar-refractivity contribution in [3.63, 3.8) is 0 Å². The number of hydrogen-bond acceptors (Lipinski definition) is 3. The molecule has 4 bridgehead atoms. The fourth-order valence-electron chi connectivity index (χ4n) is 5.81. The molecule has 4 fully saturated rings. The van der Waals surface area contributed by atoms with Gasteiger partial charge in [0.25, 0.3) is 0 Å². The molecule has 2 N–H and O–H groups in total. The van der Waals surface area contributed by atoms with Crippen molar-refractivity contribution in [2.24, 2.45) is 23.7 Å². The van der Waals surface area contributed by atoms with Crippen molar-refractivity contribution >= 4 is 0 Å². The van der Waals surface area contributed by atoms with Crippen molar-refractivity contribution in [2.45, 2.75) is 44.9 Å². The molecule has 4 aliphatic carbocycles. The summed E-state index contributed by atoms with van der Waals surface area (Å²) < 4.78 is 0. The third kappa shape index (κ3) is 1.62. The summed E-state index contributed by atoms with van der Waals surface area (Å²) in [7, 11) is 0. The van der Waals surface area contributed by atoms with E-state index in [1.165, 1.54) is 37.7 Å². The summed E-state index contributed by atoms with van der Waals surface area (Å²) in [6, 6.07) is 0. The van der Waals surface area contributed by atoms with Gasteiger partial charge in [-0.05, 0) is 74.2 Å². The number of aryl methyl sites for hydroxylation is 1. The van der Waals surface area contributed by atoms with Crippen LogP contribution in [-0.4, -0.2) is 20.1 Å². The molecule has 0 amide bonds. The molecular formula is C17H21N3O. The molecule has 0 unspecified atom stereocenters. The van der Waals surface area contributed by atoms with Gasteiger partial charge in [0.05, 0.1) is 5.69 Å². The Kier molecular flexibility index (Phi) is 2.28. The number of nitrogens with one attached hydrogen (secondary N) is 1. The molecule has 6 aliphatic rings. The smallest absolute Gasteiger partial charge is 0.241 e. The number of aromatic amines is 1. The van der Waals surface area contributed by atoms with Gasteiger partial charge in [0.15, 0.2) is 0 Å². The molecule has 0 aromatic carbocycles. The average molecular weight is 283 g/mol. The van der Waals surface area contributed by atoms with Crippen molar-refractivity contribution in [2.75, 3.05) is 0 Å². The Hall–Kier alpha value is -1.58. The maximum Gasteiger partial charge on any atom is 0.241 e. The molecule has 21 heavy (non-hydrogen) atoms. The molecule has 0 radical (unpaired) electrons. The molecule has 0 spiro atoms. The maximum atomic E-state index is 10.0. The van der Waals surface area contributed by atoms with E-state index >= 15 is 0 Å². The Labute approximate surface area is 124 Å². The Morgan fingerprint density at radius 1 is 1.10 bits per heavy atom. The van der Waals surface area contributed by atoms with Crippen LogP contribution < -0.4 is 0 Å². The van der Waals surface area contributed by atoms with Gasteiger partial charge >= 0.3 is 0 Å². The molecule has 4 nitrogen and oxygen atoms in total. The first kappa shape index (κ1) is 12.0. The van der Waals surface area contributed by atoms with Crippen LogP contribution in [0.15, 0.2) is 6.20 Å². The molecule has 4 heteroatoms. The average Bonchev–Trinajstić information content (AvgIpc) is 2.81. The second-order valence-corrected chi connectivity index (χ2v) is 7.54. The lowest BCUT2D eigenvalue weighted by Gasteiger charge is -2.54. The molecule has 0 aromatic rings. The Balaban J connectivity index is 1.61. The normalized spacial score (nSPS) is 37.5. The largest absolute Gasteiger partial charge is 0.492 e. The summed E-state index contributed by atoms with van der Waals surface area (Å²) >= 11 is 0. The quantitative estimate of drug-likeness (QED) is 0.842. The topological polar surface area (TPSA) is 61.8 Å². The minimum absolute atomic E-state index is 0.0660. The third-order valence-corrected chi connectivity index (χ3v) is 6.24. The van der Waals surface area contributed by atoms with Gasteiger partial charge in [-0.3, -0.25) is 0 Å². The SMILES string of the molecule is Cc1nc(O)c2ncc(C3C4CC5CC(C4)CC3C5)c-2[nH]1. The maximum absolute atomic E-state index is 10.0. The van der Waals surface area contributed by atoms with Gasteiger partial charge in [0.2, 0.25) is 5.88 Å². The molecule has 2 heterocycles. The summed E-state index contributed by atoms with van der Waals surface area (Å²) in [5.74, 6) is 5.10. The zero-order valence-electron chi connectivity index (χ0n) is 12.3. The van der Waals surface area contributed by atoms with E-state index in [-0.39, 0.29) is 5.88 Å². The first-order valence-corrected chi connectivity index (χ1v) is 8.23. The van der Waals surface area contributed by atoms with E-state index in [0.717, 1.165) is 35.2 Å². The molecular weight excluding hydrogens is 262 g/mol. The number of H-pyrrole nitrogens is 1. The van der Waals surface area contributed by atoms with Crippen LogP contribution in [-0.2, 0) is 0 Å². The number of aromatic nitrogens is 3. The molecule has 0 saturated heterocycles. The number of aromatic hydroxyl groups is 1. The molecule has 110 valence electrons. The highest BCUT2D eigenvalue weighted by atomic mass is 16.3. The van der Waals surface area contributed by atoms with E-state index in [9.17, 15) is 5.11 Å². The lowest BCUT2D eigenvalue weighted by Crippen LogP contribution is -2.43. The fourth-order valence-corrected chi connectivity index (χ4v) is 5.81. The number of rotatable bonds is 1. The summed E-state index contributed by atoms with van der Waals surface area (Å²) in [5, 5.41) is 10.0. The minimum Gasteiger partial charge on any atom is -0.492 e. The minimum atomic E-state index is 0.0660. The summed E-state index contributed by atoms with van der Waals surface area (Å²) in [5.41, 5.74) is 3.00. The summed E-state index contributed by atoms with van der Waals surface area (Å²) in [6.45, 7) is 1.90. The van der Waals surface area contributed by atoms with Crippen molar-refractivity contribution in [3.05, 3.63) is 17.6 Å². The highest BCUT2D eigenvalue weighted by Crippen LogP contribution is 2.60. The Morgan fingerprint density at radius 3 is 2.43 bits per heavy atom. The highest BCUT2D eigenvalue weighted by molar-refractivity contribution is 5.67. The second kappa shape index (κ2) is 3.99. The monoisotopic (exact) mass is 283 g/mol. The van der Waals surface area contributed by atoms with Crippen LogP contribution in [0, 0.1) is 30.6 Å². The van der Waals surface area contributed by atoms with Crippen molar-refractivity contribution in [1.82, 2.24) is 15.0 Å². The van der Waals surface area contributed by atoms with Gasteiger partial charge in [-0.15, -0.1) is 0 Å². The molecule has 0 aromatic heterocycles. The highest BCUT2D eigenvalue weighted by Gasteiger charge is 2.49. The van der Waals surface area contributed by atoms with E-state index in [1.807, 2.05) is 13.1 Å². The van der Waals surface area contributed by atoms with Crippen molar-refractivity contribution in [3.8, 4) is 17.3 Å². The second-order valence-electron chi connectivity index (χ2n) is 7.54. The van der Waals surface area contributed by atoms with Crippen LogP contribution in [0.5, 0.6) is 5.88 Å². The van der Waals surface area contributed by atoms with Crippen LogP contribution >= 0.6 is 0 Å². The first-order valence-electron chi connectivity index (χ1n) is 8.23. The van der Waals surface area contributed by atoms with Gasteiger partial charge in [0, 0.05) is 6.20 Å². The van der Waals surface area contributed by atoms with Crippen LogP contribution in [0.4, 0.5) is 0 Å². The van der Waals surface area contributed by atoms with Gasteiger partial charge < -0.3 is 10.1 Å². The van der Waals surface area contributed by atoms with Crippen LogP contribution in [0.3, 0.4) is 0 Å². The van der Waals surface area contributed by atoms with E-state index < -0.39 is 0 Å². The number of fused-ring (bicyclic) bond motifs is 1. The molecule has 0 atom stereocenters. The molecule has 4 saturated carbocycles.